The normalized spacial score (nSPS) is 19.3. The maximum absolute atomic E-state index is 13.1. The van der Waals surface area contributed by atoms with Gasteiger partial charge in [0.05, 0.1) is 26.4 Å². The van der Waals surface area contributed by atoms with Gasteiger partial charge in [0, 0.05) is 38.2 Å². The predicted octanol–water partition coefficient (Wildman–Crippen LogP) is 3.27. The molecular formula is C25H32N2O4. The fourth-order valence-corrected chi connectivity index (χ4v) is 4.17. The molecule has 6 heteroatoms. The second kappa shape index (κ2) is 10.2. The molecule has 0 saturated carbocycles. The van der Waals surface area contributed by atoms with E-state index >= 15 is 0 Å². The van der Waals surface area contributed by atoms with Gasteiger partial charge in [-0.3, -0.25) is 9.69 Å². The monoisotopic (exact) mass is 424 g/mol. The lowest BCUT2D eigenvalue weighted by atomic mass is 10.1. The minimum absolute atomic E-state index is 0.0402. The Morgan fingerprint density at radius 2 is 1.84 bits per heavy atom. The SMILES string of the molecule is COc1ccc(CCC(=O)N2Cc3cc(CN4CCOCC4)ccc3OC[C@@H]2C)cc1. The molecule has 1 saturated heterocycles. The lowest BCUT2D eigenvalue weighted by molar-refractivity contribution is -0.134. The van der Waals surface area contributed by atoms with Crippen molar-refractivity contribution in [2.75, 3.05) is 40.0 Å². The van der Waals surface area contributed by atoms with Crippen LogP contribution in [-0.2, 0) is 29.0 Å². The van der Waals surface area contributed by atoms with Crippen LogP contribution in [0, 0.1) is 0 Å². The third-order valence-electron chi connectivity index (χ3n) is 6.09. The number of hydrogen-bond donors (Lipinski definition) is 0. The quantitative estimate of drug-likeness (QED) is 0.712. The highest BCUT2D eigenvalue weighted by atomic mass is 16.5. The summed E-state index contributed by atoms with van der Waals surface area (Å²) >= 11 is 0. The van der Waals surface area contributed by atoms with Gasteiger partial charge in [-0.05, 0) is 48.7 Å². The van der Waals surface area contributed by atoms with Crippen LogP contribution in [0.25, 0.3) is 0 Å². The molecule has 0 aliphatic carbocycles. The van der Waals surface area contributed by atoms with Crippen molar-refractivity contribution >= 4 is 5.91 Å². The van der Waals surface area contributed by atoms with E-state index in [0.29, 0.717) is 19.6 Å². The van der Waals surface area contributed by atoms with Gasteiger partial charge in [0.2, 0.25) is 5.91 Å². The van der Waals surface area contributed by atoms with Crippen molar-refractivity contribution in [2.24, 2.45) is 0 Å². The van der Waals surface area contributed by atoms with Crippen molar-refractivity contribution in [3.05, 3.63) is 59.2 Å². The molecule has 31 heavy (non-hydrogen) atoms. The van der Waals surface area contributed by atoms with E-state index in [4.69, 9.17) is 14.2 Å². The first-order chi connectivity index (χ1) is 15.1. The average Bonchev–Trinajstić information content (AvgIpc) is 2.97. The molecule has 1 fully saturated rings. The number of nitrogens with zero attached hydrogens (tertiary/aromatic N) is 2. The number of aryl methyl sites for hydroxylation is 1. The first-order valence-electron chi connectivity index (χ1n) is 11.1. The number of ether oxygens (including phenoxy) is 3. The van der Waals surface area contributed by atoms with Crippen LogP contribution in [0.5, 0.6) is 11.5 Å². The maximum atomic E-state index is 13.1. The van der Waals surface area contributed by atoms with Crippen LogP contribution in [0.3, 0.4) is 0 Å². The van der Waals surface area contributed by atoms with Gasteiger partial charge in [-0.25, -0.2) is 0 Å². The van der Waals surface area contributed by atoms with Gasteiger partial charge in [0.15, 0.2) is 0 Å². The minimum atomic E-state index is 0.0402. The zero-order valence-electron chi connectivity index (χ0n) is 18.5. The van der Waals surface area contributed by atoms with Crippen LogP contribution in [0.4, 0.5) is 0 Å². The molecule has 2 aromatic carbocycles. The molecule has 2 aromatic rings. The highest BCUT2D eigenvalue weighted by Crippen LogP contribution is 2.27. The van der Waals surface area contributed by atoms with Crippen molar-refractivity contribution in [2.45, 2.75) is 38.9 Å². The average molecular weight is 425 g/mol. The zero-order chi connectivity index (χ0) is 21.6. The Kier molecular flexibility index (Phi) is 7.10. The Morgan fingerprint density at radius 1 is 1.10 bits per heavy atom. The molecule has 0 unspecified atom stereocenters. The standard InChI is InChI=1S/C25H32N2O4/c1-19-18-31-24-9-5-21(16-26-11-13-30-14-12-26)15-22(24)17-27(19)25(28)10-6-20-3-7-23(29-2)8-4-20/h3-5,7-9,15,19H,6,10-14,16-18H2,1-2H3/t19-/m0/s1. The Bertz CT molecular complexity index is 878. The van der Waals surface area contributed by atoms with Gasteiger partial charge in [-0.15, -0.1) is 0 Å². The molecule has 1 atom stereocenters. The van der Waals surface area contributed by atoms with E-state index < -0.39 is 0 Å². The molecule has 0 spiro atoms. The summed E-state index contributed by atoms with van der Waals surface area (Å²) in [5.41, 5.74) is 3.48. The van der Waals surface area contributed by atoms with Gasteiger partial charge in [0.1, 0.15) is 18.1 Å². The molecule has 1 amide bonds. The lowest BCUT2D eigenvalue weighted by Gasteiger charge is -2.27. The van der Waals surface area contributed by atoms with Crippen LogP contribution < -0.4 is 9.47 Å². The fourth-order valence-electron chi connectivity index (χ4n) is 4.17. The first kappa shape index (κ1) is 21.7. The number of benzene rings is 2. The van der Waals surface area contributed by atoms with Gasteiger partial charge >= 0.3 is 0 Å². The van der Waals surface area contributed by atoms with E-state index in [0.717, 1.165) is 61.9 Å². The molecular weight excluding hydrogens is 392 g/mol. The second-order valence-electron chi connectivity index (χ2n) is 8.36. The summed E-state index contributed by atoms with van der Waals surface area (Å²) in [6, 6.07) is 14.4. The van der Waals surface area contributed by atoms with Gasteiger partial charge < -0.3 is 19.1 Å². The van der Waals surface area contributed by atoms with Gasteiger partial charge in [-0.1, -0.05) is 18.2 Å². The molecule has 0 N–H and O–H groups in total. The molecule has 6 nitrogen and oxygen atoms in total. The molecule has 2 heterocycles. The summed E-state index contributed by atoms with van der Waals surface area (Å²) < 4.78 is 16.7. The summed E-state index contributed by atoms with van der Waals surface area (Å²) in [5.74, 6) is 1.89. The van der Waals surface area contributed by atoms with E-state index in [1.165, 1.54) is 5.56 Å². The lowest BCUT2D eigenvalue weighted by Crippen LogP contribution is -2.40. The second-order valence-corrected chi connectivity index (χ2v) is 8.36. The number of fused-ring (bicyclic) bond motifs is 1. The molecule has 166 valence electrons. The van der Waals surface area contributed by atoms with E-state index in [2.05, 4.69) is 30.0 Å². The van der Waals surface area contributed by atoms with Crippen LogP contribution in [0.2, 0.25) is 0 Å². The highest BCUT2D eigenvalue weighted by molar-refractivity contribution is 5.77. The van der Waals surface area contributed by atoms with Crippen molar-refractivity contribution in [3.8, 4) is 11.5 Å². The third-order valence-corrected chi connectivity index (χ3v) is 6.09. The number of rotatable bonds is 6. The fraction of sp³-hybridized carbons (Fsp3) is 0.480. The van der Waals surface area contributed by atoms with E-state index in [1.54, 1.807) is 7.11 Å². The molecule has 2 aliphatic rings. The summed E-state index contributed by atoms with van der Waals surface area (Å²) in [7, 11) is 1.66. The molecule has 0 bridgehead atoms. The highest BCUT2D eigenvalue weighted by Gasteiger charge is 2.26. The molecule has 2 aliphatic heterocycles. The summed E-state index contributed by atoms with van der Waals surface area (Å²) in [6.07, 6.45) is 1.20. The number of hydrogen-bond acceptors (Lipinski definition) is 5. The van der Waals surface area contributed by atoms with Crippen molar-refractivity contribution in [1.29, 1.82) is 0 Å². The summed E-state index contributed by atoms with van der Waals surface area (Å²) in [4.78, 5) is 17.5. The van der Waals surface area contributed by atoms with Crippen molar-refractivity contribution in [3.63, 3.8) is 0 Å². The Labute approximate surface area is 184 Å². The van der Waals surface area contributed by atoms with E-state index in [9.17, 15) is 4.79 Å². The van der Waals surface area contributed by atoms with Crippen LogP contribution >= 0.6 is 0 Å². The van der Waals surface area contributed by atoms with Crippen LogP contribution in [0.15, 0.2) is 42.5 Å². The molecule has 0 radical (unpaired) electrons. The number of amides is 1. The predicted molar refractivity (Wildman–Crippen MR) is 119 cm³/mol. The van der Waals surface area contributed by atoms with E-state index in [1.807, 2.05) is 29.2 Å². The van der Waals surface area contributed by atoms with Crippen molar-refractivity contribution < 1.29 is 19.0 Å². The number of morpholine rings is 1. The van der Waals surface area contributed by atoms with Gasteiger partial charge in [-0.2, -0.15) is 0 Å². The van der Waals surface area contributed by atoms with Gasteiger partial charge in [0.25, 0.3) is 0 Å². The number of methoxy groups -OCH3 is 1. The minimum Gasteiger partial charge on any atom is -0.497 e. The zero-order valence-corrected chi connectivity index (χ0v) is 18.5. The smallest absolute Gasteiger partial charge is 0.223 e. The molecule has 4 rings (SSSR count). The molecule has 0 aromatic heterocycles. The van der Waals surface area contributed by atoms with Crippen LogP contribution in [0.1, 0.15) is 30.0 Å². The van der Waals surface area contributed by atoms with Crippen LogP contribution in [-0.4, -0.2) is 61.8 Å². The number of carbonyl (C=O) groups excluding carboxylic acids is 1. The van der Waals surface area contributed by atoms with E-state index in [-0.39, 0.29) is 11.9 Å². The van der Waals surface area contributed by atoms with Crippen molar-refractivity contribution in [1.82, 2.24) is 9.80 Å². The largest absolute Gasteiger partial charge is 0.497 e. The Morgan fingerprint density at radius 3 is 2.58 bits per heavy atom. The Hall–Kier alpha value is -2.57. The summed E-state index contributed by atoms with van der Waals surface area (Å²) in [5, 5.41) is 0. The third kappa shape index (κ3) is 5.57. The number of carbonyl (C=O) groups is 1. The first-order valence-corrected chi connectivity index (χ1v) is 11.1. The Balaban J connectivity index is 1.41. The maximum Gasteiger partial charge on any atom is 0.223 e. The summed E-state index contributed by atoms with van der Waals surface area (Å²) in [6.45, 7) is 7.58. The topological polar surface area (TPSA) is 51.2 Å².